The molecule has 0 radical (unpaired) electrons. The maximum absolute atomic E-state index is 12.6. The summed E-state index contributed by atoms with van der Waals surface area (Å²) in [5.41, 5.74) is 0.319. The Balaban J connectivity index is 2.33. The number of carboxylic acid groups (broad SMARTS) is 1. The molecule has 3 aromatic heterocycles. The minimum Gasteiger partial charge on any atom is -0.481 e. The average Bonchev–Trinajstić information content (AvgIpc) is 3.16. The van der Waals surface area contributed by atoms with Gasteiger partial charge in [-0.3, -0.25) is 9.59 Å². The van der Waals surface area contributed by atoms with Crippen LogP contribution < -0.4 is 5.56 Å². The summed E-state index contributed by atoms with van der Waals surface area (Å²) in [4.78, 5) is 28.9. The van der Waals surface area contributed by atoms with Gasteiger partial charge in [0.25, 0.3) is 5.56 Å². The first-order valence-corrected chi connectivity index (χ1v) is 7.76. The average molecular weight is 330 g/mol. The summed E-state index contributed by atoms with van der Waals surface area (Å²) in [6.45, 7) is 5.82. The van der Waals surface area contributed by atoms with Crippen molar-refractivity contribution in [2.75, 3.05) is 0 Å². The van der Waals surface area contributed by atoms with Gasteiger partial charge in [0.05, 0.1) is 11.3 Å². The van der Waals surface area contributed by atoms with Gasteiger partial charge in [0.15, 0.2) is 5.82 Å². The first kappa shape index (κ1) is 15.2. The van der Waals surface area contributed by atoms with E-state index in [1.807, 2.05) is 17.5 Å². The van der Waals surface area contributed by atoms with Gasteiger partial charge in [0.2, 0.25) is 5.78 Å². The van der Waals surface area contributed by atoms with Crippen LogP contribution in [-0.4, -0.2) is 30.2 Å². The maximum Gasteiger partial charge on any atom is 0.308 e. The van der Waals surface area contributed by atoms with Gasteiger partial charge in [-0.1, -0.05) is 12.1 Å². The third-order valence-corrected chi connectivity index (χ3v) is 4.37. The van der Waals surface area contributed by atoms with Gasteiger partial charge < -0.3 is 9.67 Å². The molecule has 0 saturated heterocycles. The summed E-state index contributed by atoms with van der Waals surface area (Å²) >= 11 is 1.47. The molecule has 0 aliphatic rings. The number of rotatable bonds is 5. The molecule has 118 valence electrons. The zero-order chi connectivity index (χ0) is 16.6. The van der Waals surface area contributed by atoms with E-state index in [-0.39, 0.29) is 12.0 Å². The van der Waals surface area contributed by atoms with Gasteiger partial charge in [0.1, 0.15) is 0 Å². The second-order valence-electron chi connectivity index (χ2n) is 4.96. The number of carboxylic acids is 1. The number of carbonyl (C=O) groups is 1. The SMILES string of the molecule is C=CCn1c(C)c(CC(=O)O)c(=O)n2nc(-c3cccs3)nc12. The Morgan fingerprint density at radius 1 is 1.52 bits per heavy atom. The lowest BCUT2D eigenvalue weighted by atomic mass is 10.1. The van der Waals surface area contributed by atoms with E-state index in [0.717, 1.165) is 4.88 Å². The zero-order valence-corrected chi connectivity index (χ0v) is 13.2. The lowest BCUT2D eigenvalue weighted by molar-refractivity contribution is -0.136. The van der Waals surface area contributed by atoms with Crippen LogP contribution in [0.2, 0.25) is 0 Å². The van der Waals surface area contributed by atoms with Crippen LogP contribution in [-0.2, 0) is 17.8 Å². The molecule has 0 atom stereocenters. The molecule has 3 heterocycles. The van der Waals surface area contributed by atoms with Crippen LogP contribution in [0.15, 0.2) is 35.0 Å². The summed E-state index contributed by atoms with van der Waals surface area (Å²) in [5.74, 6) is -0.236. The Morgan fingerprint density at radius 3 is 2.91 bits per heavy atom. The summed E-state index contributed by atoms with van der Waals surface area (Å²) in [5, 5.41) is 15.2. The van der Waals surface area contributed by atoms with E-state index in [2.05, 4.69) is 16.7 Å². The van der Waals surface area contributed by atoms with Gasteiger partial charge in [-0.05, 0) is 18.4 Å². The van der Waals surface area contributed by atoms with Crippen molar-refractivity contribution in [2.24, 2.45) is 0 Å². The largest absolute Gasteiger partial charge is 0.481 e. The summed E-state index contributed by atoms with van der Waals surface area (Å²) in [7, 11) is 0. The van der Waals surface area contributed by atoms with Crippen molar-refractivity contribution in [1.29, 1.82) is 0 Å². The van der Waals surface area contributed by atoms with Crippen LogP contribution >= 0.6 is 11.3 Å². The van der Waals surface area contributed by atoms with Crippen molar-refractivity contribution in [3.8, 4) is 10.7 Å². The molecule has 0 aliphatic carbocycles. The highest BCUT2D eigenvalue weighted by molar-refractivity contribution is 7.13. The quantitative estimate of drug-likeness (QED) is 0.720. The van der Waals surface area contributed by atoms with Gasteiger partial charge in [-0.25, -0.2) is 0 Å². The highest BCUT2D eigenvalue weighted by Gasteiger charge is 2.19. The fraction of sp³-hybridized carbons (Fsp3) is 0.200. The molecular weight excluding hydrogens is 316 g/mol. The Labute approximate surface area is 135 Å². The predicted octanol–water partition coefficient (Wildman–Crippen LogP) is 1.74. The summed E-state index contributed by atoms with van der Waals surface area (Å²) in [6, 6.07) is 3.75. The predicted molar refractivity (Wildman–Crippen MR) is 86.8 cm³/mol. The number of hydrogen-bond acceptors (Lipinski definition) is 5. The van der Waals surface area contributed by atoms with Crippen molar-refractivity contribution in [3.63, 3.8) is 0 Å². The Kier molecular flexibility index (Phi) is 3.83. The van der Waals surface area contributed by atoms with E-state index in [1.54, 1.807) is 17.6 Å². The van der Waals surface area contributed by atoms with Crippen LogP contribution in [0.4, 0.5) is 0 Å². The molecule has 0 unspecified atom stereocenters. The van der Waals surface area contributed by atoms with E-state index in [0.29, 0.717) is 23.8 Å². The fourth-order valence-electron chi connectivity index (χ4n) is 2.42. The molecular formula is C15H14N4O3S. The molecule has 7 nitrogen and oxygen atoms in total. The molecule has 0 spiro atoms. The topological polar surface area (TPSA) is 89.5 Å². The maximum atomic E-state index is 12.6. The number of hydrogen-bond donors (Lipinski definition) is 1. The van der Waals surface area contributed by atoms with Crippen LogP contribution in [0, 0.1) is 6.92 Å². The van der Waals surface area contributed by atoms with E-state index >= 15 is 0 Å². The summed E-state index contributed by atoms with van der Waals surface area (Å²) < 4.78 is 2.92. The van der Waals surface area contributed by atoms with Gasteiger partial charge in [0, 0.05) is 17.8 Å². The minimum atomic E-state index is -1.06. The third-order valence-electron chi connectivity index (χ3n) is 3.50. The van der Waals surface area contributed by atoms with Crippen LogP contribution in [0.3, 0.4) is 0 Å². The van der Waals surface area contributed by atoms with Gasteiger partial charge in [-0.2, -0.15) is 9.50 Å². The number of thiophene rings is 1. The molecule has 3 rings (SSSR count). The first-order valence-electron chi connectivity index (χ1n) is 6.88. The molecule has 0 fully saturated rings. The fourth-order valence-corrected chi connectivity index (χ4v) is 3.08. The Bertz CT molecular complexity index is 953. The standard InChI is InChI=1S/C15H14N4O3S/c1-3-6-18-9(2)10(8-12(20)21)14(22)19-15(18)16-13(17-19)11-5-4-7-23-11/h3-5,7H,1,6,8H2,2H3,(H,20,21). The smallest absolute Gasteiger partial charge is 0.308 e. The van der Waals surface area contributed by atoms with Gasteiger partial charge >= 0.3 is 5.97 Å². The number of fused-ring (bicyclic) bond motifs is 1. The van der Waals surface area contributed by atoms with E-state index in [9.17, 15) is 9.59 Å². The van der Waals surface area contributed by atoms with E-state index in [1.165, 1.54) is 15.9 Å². The van der Waals surface area contributed by atoms with Crippen molar-refractivity contribution in [1.82, 2.24) is 19.2 Å². The van der Waals surface area contributed by atoms with Crippen LogP contribution in [0.25, 0.3) is 16.5 Å². The lowest BCUT2D eigenvalue weighted by Gasteiger charge is -2.12. The van der Waals surface area contributed by atoms with Crippen molar-refractivity contribution >= 4 is 23.1 Å². The molecule has 0 aliphatic heterocycles. The number of allylic oxidation sites excluding steroid dienone is 1. The highest BCUT2D eigenvalue weighted by Crippen LogP contribution is 2.22. The molecule has 8 heteroatoms. The third kappa shape index (κ3) is 2.57. The zero-order valence-electron chi connectivity index (χ0n) is 12.4. The van der Waals surface area contributed by atoms with Crippen molar-refractivity contribution in [3.05, 3.63) is 51.8 Å². The number of aromatic nitrogens is 4. The molecule has 0 saturated carbocycles. The normalized spacial score (nSPS) is 11.0. The van der Waals surface area contributed by atoms with E-state index in [4.69, 9.17) is 5.11 Å². The minimum absolute atomic E-state index is 0.203. The summed E-state index contributed by atoms with van der Waals surface area (Å²) in [6.07, 6.45) is 1.31. The van der Waals surface area contributed by atoms with E-state index < -0.39 is 11.5 Å². The monoisotopic (exact) mass is 330 g/mol. The highest BCUT2D eigenvalue weighted by atomic mass is 32.1. The second kappa shape index (κ2) is 5.81. The first-order chi connectivity index (χ1) is 11.0. The lowest BCUT2D eigenvalue weighted by Crippen LogP contribution is -2.27. The van der Waals surface area contributed by atoms with Gasteiger partial charge in [-0.15, -0.1) is 23.0 Å². The Morgan fingerprint density at radius 2 is 2.30 bits per heavy atom. The van der Waals surface area contributed by atoms with Crippen molar-refractivity contribution in [2.45, 2.75) is 19.9 Å². The molecule has 23 heavy (non-hydrogen) atoms. The Hall–Kier alpha value is -2.74. The molecule has 1 N–H and O–H groups in total. The molecule has 0 amide bonds. The molecule has 0 aromatic carbocycles. The molecule has 3 aromatic rings. The number of aliphatic carboxylic acids is 1. The van der Waals surface area contributed by atoms with Crippen LogP contribution in [0.5, 0.6) is 0 Å². The molecule has 0 bridgehead atoms. The van der Waals surface area contributed by atoms with Crippen molar-refractivity contribution < 1.29 is 9.90 Å². The van der Waals surface area contributed by atoms with Crippen LogP contribution in [0.1, 0.15) is 11.3 Å². The number of nitrogens with zero attached hydrogens (tertiary/aromatic N) is 4. The second-order valence-corrected chi connectivity index (χ2v) is 5.91.